The highest BCUT2D eigenvalue weighted by Gasteiger charge is 2.11. The summed E-state index contributed by atoms with van der Waals surface area (Å²) in [4.78, 5) is 29.2. The average Bonchev–Trinajstić information content (AvgIpc) is 2.91. The fourth-order valence-electron chi connectivity index (χ4n) is 2.99. The standard InChI is InChI=1S/C19H23N5O2/c1-11(2)24-10-20-17-7-5-14(9-16(17)19(24)26)21-18(25)8-6-15-12(3)22-23-13(15)4/h5,7,9-11H,6,8H2,1-4H3,(H,21,25)(H,22,23). The molecule has 0 atom stereocenters. The number of carbonyl (C=O) groups is 1. The lowest BCUT2D eigenvalue weighted by molar-refractivity contribution is -0.116. The molecule has 136 valence electrons. The van der Waals surface area contributed by atoms with E-state index in [1.165, 1.54) is 0 Å². The summed E-state index contributed by atoms with van der Waals surface area (Å²) in [6, 6.07) is 5.23. The van der Waals surface area contributed by atoms with Gasteiger partial charge in [-0.15, -0.1) is 0 Å². The SMILES string of the molecule is Cc1n[nH]c(C)c1CCC(=O)Nc1ccc2ncn(C(C)C)c(=O)c2c1. The van der Waals surface area contributed by atoms with Gasteiger partial charge < -0.3 is 5.32 Å². The smallest absolute Gasteiger partial charge is 0.261 e. The van der Waals surface area contributed by atoms with E-state index in [0.717, 1.165) is 17.0 Å². The summed E-state index contributed by atoms with van der Waals surface area (Å²) in [6.45, 7) is 7.73. The van der Waals surface area contributed by atoms with Gasteiger partial charge in [0.15, 0.2) is 0 Å². The van der Waals surface area contributed by atoms with Gasteiger partial charge in [-0.25, -0.2) is 4.98 Å². The maximum atomic E-state index is 12.6. The molecule has 0 aliphatic heterocycles. The lowest BCUT2D eigenvalue weighted by Gasteiger charge is -2.11. The third-order valence-electron chi connectivity index (χ3n) is 4.51. The van der Waals surface area contributed by atoms with Crippen molar-refractivity contribution in [1.29, 1.82) is 0 Å². The van der Waals surface area contributed by atoms with Crippen molar-refractivity contribution in [2.75, 3.05) is 5.32 Å². The van der Waals surface area contributed by atoms with Crippen LogP contribution in [0, 0.1) is 13.8 Å². The van der Waals surface area contributed by atoms with Crippen molar-refractivity contribution < 1.29 is 4.79 Å². The molecule has 0 saturated heterocycles. The number of carbonyl (C=O) groups excluding carboxylic acids is 1. The molecular formula is C19H23N5O2. The van der Waals surface area contributed by atoms with Crippen LogP contribution in [-0.2, 0) is 11.2 Å². The van der Waals surface area contributed by atoms with E-state index in [1.807, 2.05) is 27.7 Å². The zero-order valence-electron chi connectivity index (χ0n) is 15.5. The second-order valence-corrected chi connectivity index (χ2v) is 6.74. The summed E-state index contributed by atoms with van der Waals surface area (Å²) in [5, 5.41) is 10.4. The van der Waals surface area contributed by atoms with E-state index in [4.69, 9.17) is 0 Å². The number of aromatic nitrogens is 4. The number of nitrogens with one attached hydrogen (secondary N) is 2. The molecule has 26 heavy (non-hydrogen) atoms. The van der Waals surface area contributed by atoms with Gasteiger partial charge in [-0.3, -0.25) is 19.3 Å². The molecule has 0 bridgehead atoms. The lowest BCUT2D eigenvalue weighted by Crippen LogP contribution is -2.22. The molecular weight excluding hydrogens is 330 g/mol. The Balaban J connectivity index is 1.77. The van der Waals surface area contributed by atoms with Gasteiger partial charge in [0.25, 0.3) is 5.56 Å². The van der Waals surface area contributed by atoms with Crippen molar-refractivity contribution >= 4 is 22.5 Å². The van der Waals surface area contributed by atoms with E-state index in [-0.39, 0.29) is 17.5 Å². The molecule has 3 aromatic rings. The van der Waals surface area contributed by atoms with Crippen LogP contribution in [0.3, 0.4) is 0 Å². The number of H-pyrrole nitrogens is 1. The Morgan fingerprint density at radius 2 is 2.08 bits per heavy atom. The number of benzene rings is 1. The molecule has 2 aromatic heterocycles. The second kappa shape index (κ2) is 7.11. The summed E-state index contributed by atoms with van der Waals surface area (Å²) in [5.74, 6) is -0.0996. The highest BCUT2D eigenvalue weighted by atomic mass is 16.1. The van der Waals surface area contributed by atoms with Gasteiger partial charge >= 0.3 is 0 Å². The molecule has 3 rings (SSSR count). The van der Waals surface area contributed by atoms with Crippen LogP contribution in [0.2, 0.25) is 0 Å². The predicted octanol–water partition coefficient (Wildman–Crippen LogP) is 2.89. The number of rotatable bonds is 5. The van der Waals surface area contributed by atoms with Gasteiger partial charge in [-0.1, -0.05) is 0 Å². The van der Waals surface area contributed by atoms with Gasteiger partial charge in [-0.05, 0) is 57.9 Å². The average molecular weight is 353 g/mol. The van der Waals surface area contributed by atoms with Crippen molar-refractivity contribution in [2.24, 2.45) is 0 Å². The van der Waals surface area contributed by atoms with E-state index in [0.29, 0.717) is 29.4 Å². The summed E-state index contributed by atoms with van der Waals surface area (Å²) in [6.07, 6.45) is 2.53. The first-order chi connectivity index (χ1) is 12.4. The van der Waals surface area contributed by atoms with Crippen molar-refractivity contribution in [1.82, 2.24) is 19.7 Å². The van der Waals surface area contributed by atoms with Crippen molar-refractivity contribution in [3.05, 3.63) is 51.8 Å². The maximum absolute atomic E-state index is 12.6. The minimum absolute atomic E-state index is 0.0269. The summed E-state index contributed by atoms with van der Waals surface area (Å²) < 4.78 is 1.58. The Labute approximate surface area is 151 Å². The number of aryl methyl sites for hydroxylation is 2. The normalized spacial score (nSPS) is 11.3. The van der Waals surface area contributed by atoms with Crippen molar-refractivity contribution in [2.45, 2.75) is 46.6 Å². The fraction of sp³-hybridized carbons (Fsp3) is 0.368. The van der Waals surface area contributed by atoms with Crippen LogP contribution >= 0.6 is 0 Å². The van der Waals surface area contributed by atoms with Crippen LogP contribution < -0.4 is 10.9 Å². The molecule has 0 spiro atoms. The number of amides is 1. The Morgan fingerprint density at radius 3 is 2.73 bits per heavy atom. The van der Waals surface area contributed by atoms with Gasteiger partial charge in [-0.2, -0.15) is 5.10 Å². The van der Waals surface area contributed by atoms with Gasteiger partial charge in [0.2, 0.25) is 5.91 Å². The van der Waals surface area contributed by atoms with Crippen LogP contribution in [0.1, 0.15) is 43.3 Å². The molecule has 7 nitrogen and oxygen atoms in total. The number of anilines is 1. The minimum atomic E-state index is -0.106. The largest absolute Gasteiger partial charge is 0.326 e. The number of nitrogens with zero attached hydrogens (tertiary/aromatic N) is 3. The maximum Gasteiger partial charge on any atom is 0.261 e. The first-order valence-electron chi connectivity index (χ1n) is 8.68. The predicted molar refractivity (Wildman–Crippen MR) is 101 cm³/mol. The number of hydrogen-bond donors (Lipinski definition) is 2. The first-order valence-corrected chi connectivity index (χ1v) is 8.68. The van der Waals surface area contributed by atoms with Crippen LogP contribution in [0.25, 0.3) is 10.9 Å². The van der Waals surface area contributed by atoms with E-state index in [2.05, 4.69) is 20.5 Å². The van der Waals surface area contributed by atoms with E-state index < -0.39 is 0 Å². The van der Waals surface area contributed by atoms with Crippen molar-refractivity contribution in [3.8, 4) is 0 Å². The molecule has 0 aliphatic rings. The Kier molecular flexibility index (Phi) is 4.88. The fourth-order valence-corrected chi connectivity index (χ4v) is 2.99. The number of fused-ring (bicyclic) bond motifs is 1. The lowest BCUT2D eigenvalue weighted by atomic mass is 10.1. The summed E-state index contributed by atoms with van der Waals surface area (Å²) >= 11 is 0. The molecule has 2 heterocycles. The van der Waals surface area contributed by atoms with Crippen molar-refractivity contribution in [3.63, 3.8) is 0 Å². The molecule has 1 amide bonds. The number of aromatic amines is 1. The Hall–Kier alpha value is -2.96. The summed E-state index contributed by atoms with van der Waals surface area (Å²) in [7, 11) is 0. The van der Waals surface area contributed by atoms with Crippen LogP contribution in [0.15, 0.2) is 29.3 Å². The van der Waals surface area contributed by atoms with Gasteiger partial charge in [0, 0.05) is 23.8 Å². The minimum Gasteiger partial charge on any atom is -0.326 e. The molecule has 7 heteroatoms. The topological polar surface area (TPSA) is 92.7 Å². The first kappa shape index (κ1) is 17.8. The highest BCUT2D eigenvalue weighted by molar-refractivity contribution is 5.93. The number of hydrogen-bond acceptors (Lipinski definition) is 4. The van der Waals surface area contributed by atoms with E-state index in [9.17, 15) is 9.59 Å². The summed E-state index contributed by atoms with van der Waals surface area (Å²) in [5.41, 5.74) is 4.09. The zero-order chi connectivity index (χ0) is 18.8. The molecule has 0 radical (unpaired) electrons. The molecule has 0 saturated carbocycles. The molecule has 0 fully saturated rings. The third-order valence-corrected chi connectivity index (χ3v) is 4.51. The van der Waals surface area contributed by atoms with Gasteiger partial charge in [0.05, 0.1) is 22.9 Å². The van der Waals surface area contributed by atoms with Crippen LogP contribution in [0.4, 0.5) is 5.69 Å². The highest BCUT2D eigenvalue weighted by Crippen LogP contribution is 2.17. The molecule has 0 unspecified atom stereocenters. The molecule has 0 aliphatic carbocycles. The molecule has 1 aromatic carbocycles. The monoisotopic (exact) mass is 353 g/mol. The zero-order valence-corrected chi connectivity index (χ0v) is 15.5. The van der Waals surface area contributed by atoms with Crippen LogP contribution in [-0.4, -0.2) is 25.7 Å². The van der Waals surface area contributed by atoms with Crippen LogP contribution in [0.5, 0.6) is 0 Å². The quantitative estimate of drug-likeness (QED) is 0.737. The van der Waals surface area contributed by atoms with E-state index >= 15 is 0 Å². The Bertz CT molecular complexity index is 997. The van der Waals surface area contributed by atoms with Gasteiger partial charge in [0.1, 0.15) is 0 Å². The Morgan fingerprint density at radius 1 is 1.31 bits per heavy atom. The van der Waals surface area contributed by atoms with E-state index in [1.54, 1.807) is 29.1 Å². The third kappa shape index (κ3) is 3.51. The molecule has 2 N–H and O–H groups in total. The second-order valence-electron chi connectivity index (χ2n) is 6.74.